The van der Waals surface area contributed by atoms with Crippen LogP contribution in [-0.2, 0) is 16.1 Å². The molecule has 0 aliphatic rings. The molecule has 5 heteroatoms. The summed E-state index contributed by atoms with van der Waals surface area (Å²) in [5.74, 6) is -2.09. The number of nitrogens with one attached hydrogen (secondary N) is 1. The molecule has 0 saturated heterocycles. The van der Waals surface area contributed by atoms with Gasteiger partial charge in [0.1, 0.15) is 6.29 Å². The Kier molecular flexibility index (Phi) is 4.77. The van der Waals surface area contributed by atoms with Gasteiger partial charge in [0.25, 0.3) is 0 Å². The van der Waals surface area contributed by atoms with Gasteiger partial charge in [0, 0.05) is 14.0 Å². The number of methoxy groups -OCH3 is 1. The number of hydrogen-bond acceptors (Lipinski definition) is 5. The lowest BCUT2D eigenvalue weighted by Gasteiger charge is -2.22. The average Bonchev–Trinajstić information content (AvgIpc) is 2.26. The minimum Gasteiger partial charge on any atom is -0.380 e. The minimum atomic E-state index is -2.09. The maximum atomic E-state index is 10.9. The van der Waals surface area contributed by atoms with Crippen molar-refractivity contribution in [2.24, 2.45) is 0 Å². The zero-order valence-corrected chi connectivity index (χ0v) is 9.88. The predicted molar refractivity (Wildman–Crippen MR) is 61.9 cm³/mol. The summed E-state index contributed by atoms with van der Waals surface area (Å²) in [6.07, 6.45) is 0.621. The van der Waals surface area contributed by atoms with E-state index in [1.165, 1.54) is 0 Å². The van der Waals surface area contributed by atoms with Crippen LogP contribution in [-0.4, -0.2) is 29.5 Å². The van der Waals surface area contributed by atoms with Crippen LogP contribution in [0.2, 0.25) is 0 Å². The summed E-state index contributed by atoms with van der Waals surface area (Å²) in [6.45, 7) is 1.65. The summed E-state index contributed by atoms with van der Waals surface area (Å²) in [6, 6.07) is 6.37. The Morgan fingerprint density at radius 3 is 2.41 bits per heavy atom. The lowest BCUT2D eigenvalue weighted by atomic mass is 10.1. The highest BCUT2D eigenvalue weighted by atomic mass is 16.5. The van der Waals surface area contributed by atoms with E-state index < -0.39 is 12.0 Å². The van der Waals surface area contributed by atoms with Gasteiger partial charge in [0.2, 0.25) is 5.91 Å². The second-order valence-corrected chi connectivity index (χ2v) is 3.95. The minimum absolute atomic E-state index is 0.497. The van der Waals surface area contributed by atoms with Crippen LogP contribution in [0.3, 0.4) is 0 Å². The molecule has 1 aromatic carbocycles. The zero-order chi connectivity index (χ0) is 12.9. The quantitative estimate of drug-likeness (QED) is 0.492. The van der Waals surface area contributed by atoms with Crippen LogP contribution in [0.15, 0.2) is 24.3 Å². The third-order valence-electron chi connectivity index (χ3n) is 2.21. The van der Waals surface area contributed by atoms with Crippen LogP contribution in [0.1, 0.15) is 24.1 Å². The summed E-state index contributed by atoms with van der Waals surface area (Å²) in [7, 11) is 1.60. The molecule has 0 spiro atoms. The third kappa shape index (κ3) is 4.62. The Bertz CT molecular complexity index is 356. The molecule has 0 heterocycles. The highest BCUT2D eigenvalue weighted by molar-refractivity contribution is 5.61. The van der Waals surface area contributed by atoms with Crippen molar-refractivity contribution in [1.29, 1.82) is 0 Å². The molecule has 0 bridgehead atoms. The highest BCUT2D eigenvalue weighted by Crippen LogP contribution is 2.14. The first-order valence-corrected chi connectivity index (χ1v) is 5.22. The van der Waals surface area contributed by atoms with Crippen molar-refractivity contribution in [2.75, 3.05) is 7.11 Å². The van der Waals surface area contributed by atoms with E-state index >= 15 is 0 Å². The molecular formula is C12H17NO4. The molecule has 0 fully saturated rings. The number of hydrogen-bond donors (Lipinski definition) is 3. The Balaban J connectivity index is 2.79. The average molecular weight is 239 g/mol. The van der Waals surface area contributed by atoms with E-state index in [4.69, 9.17) is 4.74 Å². The van der Waals surface area contributed by atoms with Crippen molar-refractivity contribution in [2.45, 2.75) is 25.5 Å². The molecular weight excluding hydrogens is 222 g/mol. The SMILES string of the molecule is COCc1ccc(C(C=O)NC(C)(O)O)cc1. The topological polar surface area (TPSA) is 78.8 Å². The first-order valence-electron chi connectivity index (χ1n) is 5.22. The van der Waals surface area contributed by atoms with E-state index in [2.05, 4.69) is 5.32 Å². The van der Waals surface area contributed by atoms with Crippen molar-refractivity contribution >= 4 is 6.29 Å². The van der Waals surface area contributed by atoms with E-state index in [0.717, 1.165) is 12.5 Å². The van der Waals surface area contributed by atoms with E-state index in [1.54, 1.807) is 19.2 Å². The van der Waals surface area contributed by atoms with Gasteiger partial charge < -0.3 is 19.7 Å². The Labute approximate surface area is 100 Å². The molecule has 1 atom stereocenters. The Morgan fingerprint density at radius 1 is 1.41 bits per heavy atom. The monoisotopic (exact) mass is 239 g/mol. The molecule has 0 aliphatic heterocycles. The van der Waals surface area contributed by atoms with Gasteiger partial charge in [-0.3, -0.25) is 5.32 Å². The van der Waals surface area contributed by atoms with E-state index in [0.29, 0.717) is 18.5 Å². The van der Waals surface area contributed by atoms with Crippen LogP contribution in [0.5, 0.6) is 0 Å². The molecule has 0 saturated carbocycles. The Morgan fingerprint density at radius 2 is 2.00 bits per heavy atom. The number of carbonyl (C=O) groups excluding carboxylic acids is 1. The zero-order valence-electron chi connectivity index (χ0n) is 9.88. The number of rotatable bonds is 6. The lowest BCUT2D eigenvalue weighted by Crippen LogP contribution is -2.44. The maximum absolute atomic E-state index is 10.9. The van der Waals surface area contributed by atoms with E-state index in [-0.39, 0.29) is 0 Å². The van der Waals surface area contributed by atoms with E-state index in [1.807, 2.05) is 12.1 Å². The van der Waals surface area contributed by atoms with Crippen molar-refractivity contribution in [3.8, 4) is 0 Å². The lowest BCUT2D eigenvalue weighted by molar-refractivity contribution is -0.176. The molecule has 0 aliphatic carbocycles. The van der Waals surface area contributed by atoms with Crippen LogP contribution < -0.4 is 5.32 Å². The Hall–Kier alpha value is -1.27. The smallest absolute Gasteiger partial charge is 0.220 e. The molecule has 0 radical (unpaired) electrons. The molecule has 17 heavy (non-hydrogen) atoms. The summed E-state index contributed by atoms with van der Waals surface area (Å²) in [5.41, 5.74) is 1.64. The van der Waals surface area contributed by atoms with Crippen LogP contribution >= 0.6 is 0 Å². The second kappa shape index (κ2) is 5.88. The predicted octanol–water partition coefficient (Wildman–Crippen LogP) is 0.321. The van der Waals surface area contributed by atoms with Crippen molar-refractivity contribution < 1.29 is 19.7 Å². The van der Waals surface area contributed by atoms with Gasteiger partial charge in [-0.05, 0) is 11.1 Å². The molecule has 1 aromatic rings. The van der Waals surface area contributed by atoms with Crippen LogP contribution in [0.4, 0.5) is 0 Å². The van der Waals surface area contributed by atoms with Gasteiger partial charge >= 0.3 is 0 Å². The van der Waals surface area contributed by atoms with Crippen molar-refractivity contribution in [3.63, 3.8) is 0 Å². The first kappa shape index (κ1) is 13.8. The largest absolute Gasteiger partial charge is 0.380 e. The number of aldehydes is 1. The first-order chi connectivity index (χ1) is 7.96. The summed E-state index contributed by atoms with van der Waals surface area (Å²) in [4.78, 5) is 10.9. The summed E-state index contributed by atoms with van der Waals surface area (Å²) >= 11 is 0. The maximum Gasteiger partial charge on any atom is 0.220 e. The highest BCUT2D eigenvalue weighted by Gasteiger charge is 2.21. The standard InChI is InChI=1S/C12H17NO4/c1-12(15,16)13-11(7-14)10-5-3-9(4-6-10)8-17-2/h3-7,11,13,15-16H,8H2,1-2H3. The van der Waals surface area contributed by atoms with Gasteiger partial charge in [-0.25, -0.2) is 0 Å². The molecule has 1 unspecified atom stereocenters. The molecule has 5 nitrogen and oxygen atoms in total. The number of ether oxygens (including phenoxy) is 1. The molecule has 0 amide bonds. The fourth-order valence-electron chi connectivity index (χ4n) is 1.48. The van der Waals surface area contributed by atoms with Gasteiger partial charge in [-0.1, -0.05) is 24.3 Å². The normalized spacial score (nSPS) is 13.4. The van der Waals surface area contributed by atoms with Crippen LogP contribution in [0, 0.1) is 0 Å². The fraction of sp³-hybridized carbons (Fsp3) is 0.417. The van der Waals surface area contributed by atoms with Gasteiger partial charge in [-0.15, -0.1) is 0 Å². The molecule has 1 rings (SSSR count). The number of benzene rings is 1. The van der Waals surface area contributed by atoms with Gasteiger partial charge in [0.05, 0.1) is 12.6 Å². The third-order valence-corrected chi connectivity index (χ3v) is 2.21. The number of aliphatic hydroxyl groups is 2. The number of carbonyl (C=O) groups is 1. The molecule has 94 valence electrons. The molecule has 3 N–H and O–H groups in total. The summed E-state index contributed by atoms with van der Waals surface area (Å²) < 4.78 is 4.97. The summed E-state index contributed by atoms with van der Waals surface area (Å²) in [5, 5.41) is 20.8. The van der Waals surface area contributed by atoms with Gasteiger partial charge in [0.15, 0.2) is 0 Å². The second-order valence-electron chi connectivity index (χ2n) is 3.95. The fourth-order valence-corrected chi connectivity index (χ4v) is 1.48. The van der Waals surface area contributed by atoms with Gasteiger partial charge in [-0.2, -0.15) is 0 Å². The van der Waals surface area contributed by atoms with E-state index in [9.17, 15) is 15.0 Å². The molecule has 0 aromatic heterocycles. The van der Waals surface area contributed by atoms with Crippen molar-refractivity contribution in [3.05, 3.63) is 35.4 Å². The van der Waals surface area contributed by atoms with Crippen molar-refractivity contribution in [1.82, 2.24) is 5.32 Å². The van der Waals surface area contributed by atoms with Crippen LogP contribution in [0.25, 0.3) is 0 Å².